The van der Waals surface area contributed by atoms with E-state index in [0.29, 0.717) is 16.9 Å². The van der Waals surface area contributed by atoms with Crippen molar-refractivity contribution in [3.63, 3.8) is 0 Å². The van der Waals surface area contributed by atoms with Crippen LogP contribution < -0.4 is 5.32 Å². The van der Waals surface area contributed by atoms with Crippen LogP contribution >= 0.6 is 0 Å². The molecule has 2 aromatic rings. The molecule has 1 aliphatic heterocycles. The number of piperidine rings is 1. The predicted octanol–water partition coefficient (Wildman–Crippen LogP) is 3.58. The fourth-order valence-electron chi connectivity index (χ4n) is 3.23. The molecule has 1 N–H and O–H groups in total. The molecule has 2 heterocycles. The summed E-state index contributed by atoms with van der Waals surface area (Å²) in [6, 6.07) is 8.92. The maximum absolute atomic E-state index is 12.8. The Kier molecular flexibility index (Phi) is 4.41. The van der Waals surface area contributed by atoms with Gasteiger partial charge in [0.1, 0.15) is 18.3 Å². The van der Waals surface area contributed by atoms with Crippen LogP contribution in [0.5, 0.6) is 0 Å². The zero-order valence-corrected chi connectivity index (χ0v) is 13.4. The number of nitrogens with zero attached hydrogens (tertiary/aromatic N) is 3. The molecule has 1 saturated heterocycles. The summed E-state index contributed by atoms with van der Waals surface area (Å²) in [6.45, 7) is 0.829. The van der Waals surface area contributed by atoms with Crippen molar-refractivity contribution in [1.29, 1.82) is 5.26 Å². The molecule has 0 atom stereocenters. The number of nitrogens with one attached hydrogen (secondary N) is 1. The van der Waals surface area contributed by atoms with Crippen molar-refractivity contribution in [2.45, 2.75) is 31.6 Å². The zero-order chi connectivity index (χ0) is 17.3. The lowest BCUT2D eigenvalue weighted by Crippen LogP contribution is -2.36. The van der Waals surface area contributed by atoms with Gasteiger partial charge < -0.3 is 14.8 Å². The minimum absolute atomic E-state index is 0.0277. The van der Waals surface area contributed by atoms with Gasteiger partial charge in [-0.25, -0.2) is 0 Å². The number of rotatable bonds is 3. The number of fused-ring (bicyclic) bond motifs is 1. The summed E-state index contributed by atoms with van der Waals surface area (Å²) in [5.74, 6) is 0. The number of benzene rings is 1. The molecule has 0 bridgehead atoms. The van der Waals surface area contributed by atoms with E-state index in [2.05, 4.69) is 17.3 Å². The average molecular weight is 336 g/mol. The predicted molar refractivity (Wildman–Crippen MR) is 86.8 cm³/mol. The molecule has 1 aromatic carbocycles. The smallest absolute Gasteiger partial charge is 0.382 e. The van der Waals surface area contributed by atoms with E-state index in [0.717, 1.165) is 36.2 Å². The minimum atomic E-state index is -4.37. The zero-order valence-electron chi connectivity index (χ0n) is 13.4. The molecule has 24 heavy (non-hydrogen) atoms. The van der Waals surface area contributed by atoms with Crippen LogP contribution in [0.25, 0.3) is 10.9 Å². The van der Waals surface area contributed by atoms with Crippen molar-refractivity contribution in [2.24, 2.45) is 0 Å². The first-order valence-electron chi connectivity index (χ1n) is 7.91. The van der Waals surface area contributed by atoms with E-state index in [1.165, 1.54) is 0 Å². The first kappa shape index (κ1) is 16.7. The molecule has 0 amide bonds. The summed E-state index contributed by atoms with van der Waals surface area (Å²) < 4.78 is 39.5. The van der Waals surface area contributed by atoms with E-state index < -0.39 is 12.7 Å². The van der Waals surface area contributed by atoms with Crippen molar-refractivity contribution in [3.05, 3.63) is 30.0 Å². The van der Waals surface area contributed by atoms with Gasteiger partial charge in [0.05, 0.1) is 5.52 Å². The van der Waals surface area contributed by atoms with Gasteiger partial charge in [-0.3, -0.25) is 0 Å². The Morgan fingerprint density at radius 3 is 2.62 bits per heavy atom. The van der Waals surface area contributed by atoms with Gasteiger partial charge >= 0.3 is 6.18 Å². The van der Waals surface area contributed by atoms with Gasteiger partial charge in [0.25, 0.3) is 0 Å². The van der Waals surface area contributed by atoms with Crippen molar-refractivity contribution < 1.29 is 13.2 Å². The second-order valence-corrected chi connectivity index (χ2v) is 6.30. The number of hydrogen-bond acceptors (Lipinski definition) is 3. The van der Waals surface area contributed by atoms with Gasteiger partial charge in [-0.05, 0) is 51.2 Å². The Labute approximate surface area is 138 Å². The van der Waals surface area contributed by atoms with Crippen LogP contribution in [-0.2, 0) is 6.54 Å². The second kappa shape index (κ2) is 6.36. The van der Waals surface area contributed by atoms with Crippen molar-refractivity contribution >= 4 is 16.6 Å². The summed E-state index contributed by atoms with van der Waals surface area (Å²) >= 11 is 0. The number of likely N-dealkylation sites (tertiary alicyclic amines) is 1. The molecule has 0 aliphatic carbocycles. The number of alkyl halides is 3. The van der Waals surface area contributed by atoms with Crippen LogP contribution in [0, 0.1) is 11.3 Å². The number of halogens is 3. The van der Waals surface area contributed by atoms with E-state index >= 15 is 0 Å². The van der Waals surface area contributed by atoms with E-state index in [1.54, 1.807) is 18.2 Å². The average Bonchev–Trinajstić information content (AvgIpc) is 2.87. The topological polar surface area (TPSA) is 44.0 Å². The van der Waals surface area contributed by atoms with Crippen molar-refractivity contribution in [1.82, 2.24) is 9.47 Å². The molecule has 0 radical (unpaired) electrons. The third-order valence-electron chi connectivity index (χ3n) is 4.48. The molecule has 7 heteroatoms. The standard InChI is InChI=1S/C17H19F3N4/c1-23-7-5-12(6-8-23)22-15-3-2-4-16-14(15)9-13(10-21)24(16)11-17(18,19)20/h2-4,9,12,22H,5-8,11H2,1H3. The van der Waals surface area contributed by atoms with E-state index in [-0.39, 0.29) is 5.69 Å². The van der Waals surface area contributed by atoms with Crippen LogP contribution in [0.15, 0.2) is 24.3 Å². The summed E-state index contributed by atoms with van der Waals surface area (Å²) in [5, 5.41) is 13.3. The third kappa shape index (κ3) is 3.49. The van der Waals surface area contributed by atoms with Crippen LogP contribution in [0.4, 0.5) is 18.9 Å². The highest BCUT2D eigenvalue weighted by Gasteiger charge is 2.30. The third-order valence-corrected chi connectivity index (χ3v) is 4.48. The summed E-state index contributed by atoms with van der Waals surface area (Å²) in [6.07, 6.45) is -2.39. The molecule has 128 valence electrons. The number of nitriles is 1. The number of aromatic nitrogens is 1. The molecule has 4 nitrogen and oxygen atoms in total. The first-order valence-corrected chi connectivity index (χ1v) is 7.91. The fourth-order valence-corrected chi connectivity index (χ4v) is 3.23. The van der Waals surface area contributed by atoms with Gasteiger partial charge in [-0.15, -0.1) is 0 Å². The molecule has 1 aromatic heterocycles. The Bertz CT molecular complexity index is 764. The molecular formula is C17H19F3N4. The van der Waals surface area contributed by atoms with Crippen LogP contribution in [0.3, 0.4) is 0 Å². The first-order chi connectivity index (χ1) is 11.4. The minimum Gasteiger partial charge on any atom is -0.382 e. The van der Waals surface area contributed by atoms with Gasteiger partial charge in [0.2, 0.25) is 0 Å². The summed E-state index contributed by atoms with van der Waals surface area (Å²) in [5.41, 5.74) is 1.25. The number of anilines is 1. The maximum Gasteiger partial charge on any atom is 0.406 e. The van der Waals surface area contributed by atoms with Crippen molar-refractivity contribution in [2.75, 3.05) is 25.5 Å². The van der Waals surface area contributed by atoms with Gasteiger partial charge in [-0.1, -0.05) is 6.07 Å². The van der Waals surface area contributed by atoms with Crippen molar-refractivity contribution in [3.8, 4) is 6.07 Å². The lowest BCUT2D eigenvalue weighted by molar-refractivity contribution is -0.140. The maximum atomic E-state index is 12.8. The summed E-state index contributed by atoms with van der Waals surface area (Å²) in [7, 11) is 2.08. The molecule has 0 spiro atoms. The molecule has 0 saturated carbocycles. The highest BCUT2D eigenvalue weighted by atomic mass is 19.4. The fraction of sp³-hybridized carbons (Fsp3) is 0.471. The van der Waals surface area contributed by atoms with Crippen LogP contribution in [0.2, 0.25) is 0 Å². The lowest BCUT2D eigenvalue weighted by atomic mass is 10.0. The normalized spacial score (nSPS) is 17.1. The second-order valence-electron chi connectivity index (χ2n) is 6.30. The Balaban J connectivity index is 1.94. The van der Waals surface area contributed by atoms with Gasteiger partial charge in [0, 0.05) is 17.1 Å². The van der Waals surface area contributed by atoms with Gasteiger partial charge in [-0.2, -0.15) is 18.4 Å². The quantitative estimate of drug-likeness (QED) is 0.932. The molecule has 1 fully saturated rings. The van der Waals surface area contributed by atoms with Crippen LogP contribution in [0.1, 0.15) is 18.5 Å². The molecular weight excluding hydrogens is 317 g/mol. The molecule has 0 unspecified atom stereocenters. The van der Waals surface area contributed by atoms with E-state index in [1.807, 2.05) is 12.1 Å². The Hall–Kier alpha value is -2.20. The summed E-state index contributed by atoms with van der Waals surface area (Å²) in [4.78, 5) is 2.26. The SMILES string of the molecule is CN1CCC(Nc2cccc3c2cc(C#N)n3CC(F)(F)F)CC1. The molecule has 3 rings (SSSR count). The lowest BCUT2D eigenvalue weighted by Gasteiger charge is -2.30. The Morgan fingerprint density at radius 1 is 1.29 bits per heavy atom. The Morgan fingerprint density at radius 2 is 2.00 bits per heavy atom. The van der Waals surface area contributed by atoms with E-state index in [9.17, 15) is 18.4 Å². The van der Waals surface area contributed by atoms with Crippen LogP contribution in [-0.4, -0.2) is 41.8 Å². The van der Waals surface area contributed by atoms with E-state index in [4.69, 9.17) is 0 Å². The largest absolute Gasteiger partial charge is 0.406 e. The van der Waals surface area contributed by atoms with Gasteiger partial charge in [0.15, 0.2) is 0 Å². The monoisotopic (exact) mass is 336 g/mol. The highest BCUT2D eigenvalue weighted by Crippen LogP contribution is 2.31. The number of hydrogen-bond donors (Lipinski definition) is 1. The highest BCUT2D eigenvalue weighted by molar-refractivity contribution is 5.94. The molecule has 1 aliphatic rings.